The fourth-order valence-corrected chi connectivity index (χ4v) is 1.96. The van der Waals surface area contributed by atoms with Crippen molar-refractivity contribution < 1.29 is 9.84 Å². The van der Waals surface area contributed by atoms with Crippen LogP contribution in [0.15, 0.2) is 18.2 Å². The van der Waals surface area contributed by atoms with Gasteiger partial charge in [0, 0.05) is 19.2 Å². The third-order valence-corrected chi connectivity index (χ3v) is 3.45. The quantitative estimate of drug-likeness (QED) is 0.768. The molecule has 0 aliphatic rings. The zero-order valence-corrected chi connectivity index (χ0v) is 13.4. The number of aryl methyl sites for hydroxylation is 2. The molecule has 0 aromatic heterocycles. The van der Waals surface area contributed by atoms with Gasteiger partial charge in [-0.25, -0.2) is 0 Å². The largest absolute Gasteiger partial charge is 0.389 e. The van der Waals surface area contributed by atoms with E-state index in [1.165, 1.54) is 16.7 Å². The number of aliphatic hydroxyl groups excluding tert-OH is 1. The smallest absolute Gasteiger partial charge is 0.0897 e. The van der Waals surface area contributed by atoms with Crippen LogP contribution in [0.5, 0.6) is 0 Å². The lowest BCUT2D eigenvalue weighted by Gasteiger charge is -2.19. The van der Waals surface area contributed by atoms with Crippen LogP contribution in [-0.4, -0.2) is 31.0 Å². The summed E-state index contributed by atoms with van der Waals surface area (Å²) in [6.45, 7) is 12.2. The second-order valence-corrected chi connectivity index (χ2v) is 6.06. The Morgan fingerprint density at radius 1 is 1.10 bits per heavy atom. The Balaban J connectivity index is 2.34. The summed E-state index contributed by atoms with van der Waals surface area (Å²) < 4.78 is 5.44. The maximum atomic E-state index is 9.87. The van der Waals surface area contributed by atoms with Gasteiger partial charge in [-0.3, -0.25) is 0 Å². The van der Waals surface area contributed by atoms with Crippen LogP contribution in [0, 0.1) is 19.8 Å². The zero-order chi connectivity index (χ0) is 15.1. The molecule has 2 atom stereocenters. The predicted molar refractivity (Wildman–Crippen MR) is 84.0 cm³/mol. The first-order chi connectivity index (χ1) is 9.40. The summed E-state index contributed by atoms with van der Waals surface area (Å²) in [6, 6.07) is 6.72. The Kier molecular flexibility index (Phi) is 7.20. The minimum atomic E-state index is -0.456. The summed E-state index contributed by atoms with van der Waals surface area (Å²) >= 11 is 0. The number of benzene rings is 1. The van der Waals surface area contributed by atoms with E-state index in [0.29, 0.717) is 25.7 Å². The highest BCUT2D eigenvalue weighted by molar-refractivity contribution is 5.31. The normalized spacial score (nSPS) is 14.6. The van der Waals surface area contributed by atoms with Gasteiger partial charge in [-0.2, -0.15) is 0 Å². The predicted octanol–water partition coefficient (Wildman–Crippen LogP) is 2.99. The standard InChI is InChI=1S/C17H29NO2/c1-12(2)10-20-11-17(19)9-18-15(5)16-7-6-13(3)14(4)8-16/h6-8,12,15,17-19H,9-11H2,1-5H3. The van der Waals surface area contributed by atoms with E-state index in [0.717, 1.165) is 0 Å². The second-order valence-electron chi connectivity index (χ2n) is 6.06. The van der Waals surface area contributed by atoms with Crippen LogP contribution in [0.25, 0.3) is 0 Å². The molecule has 0 saturated carbocycles. The molecule has 0 fully saturated rings. The molecule has 20 heavy (non-hydrogen) atoms. The number of hydrogen-bond donors (Lipinski definition) is 2. The Morgan fingerprint density at radius 3 is 2.40 bits per heavy atom. The molecule has 0 radical (unpaired) electrons. The molecule has 0 aliphatic heterocycles. The monoisotopic (exact) mass is 279 g/mol. The van der Waals surface area contributed by atoms with Crippen LogP contribution >= 0.6 is 0 Å². The van der Waals surface area contributed by atoms with Crippen LogP contribution < -0.4 is 5.32 Å². The Hall–Kier alpha value is -0.900. The minimum Gasteiger partial charge on any atom is -0.389 e. The molecule has 0 spiro atoms. The Bertz CT molecular complexity index is 404. The van der Waals surface area contributed by atoms with Crippen molar-refractivity contribution in [1.82, 2.24) is 5.32 Å². The number of rotatable bonds is 8. The molecule has 0 bridgehead atoms. The van der Waals surface area contributed by atoms with Gasteiger partial charge in [0.15, 0.2) is 0 Å². The van der Waals surface area contributed by atoms with E-state index in [9.17, 15) is 5.11 Å². The fourth-order valence-electron chi connectivity index (χ4n) is 1.96. The number of hydrogen-bond acceptors (Lipinski definition) is 3. The number of ether oxygens (including phenoxy) is 1. The molecule has 0 aliphatic carbocycles. The van der Waals surface area contributed by atoms with Crippen molar-refractivity contribution in [2.24, 2.45) is 5.92 Å². The molecular weight excluding hydrogens is 250 g/mol. The summed E-state index contributed by atoms with van der Waals surface area (Å²) in [6.07, 6.45) is -0.456. The van der Waals surface area contributed by atoms with Gasteiger partial charge in [0.1, 0.15) is 0 Å². The van der Waals surface area contributed by atoms with Gasteiger partial charge < -0.3 is 15.2 Å². The van der Waals surface area contributed by atoms with Crippen LogP contribution in [0.4, 0.5) is 0 Å². The maximum Gasteiger partial charge on any atom is 0.0897 e. The highest BCUT2D eigenvalue weighted by Gasteiger charge is 2.10. The lowest BCUT2D eigenvalue weighted by Crippen LogP contribution is -2.32. The van der Waals surface area contributed by atoms with Gasteiger partial charge in [0.05, 0.1) is 12.7 Å². The molecule has 114 valence electrons. The molecule has 0 amide bonds. The van der Waals surface area contributed by atoms with Crippen molar-refractivity contribution in [2.75, 3.05) is 19.8 Å². The molecule has 0 heterocycles. The highest BCUT2D eigenvalue weighted by atomic mass is 16.5. The zero-order valence-electron chi connectivity index (χ0n) is 13.4. The molecular formula is C17H29NO2. The minimum absolute atomic E-state index is 0.231. The van der Waals surface area contributed by atoms with Crippen LogP contribution in [0.2, 0.25) is 0 Å². The van der Waals surface area contributed by atoms with Crippen LogP contribution in [0.1, 0.15) is 43.5 Å². The van der Waals surface area contributed by atoms with Gasteiger partial charge in [0.2, 0.25) is 0 Å². The first-order valence-electron chi connectivity index (χ1n) is 7.46. The molecule has 1 aromatic carbocycles. The first kappa shape index (κ1) is 17.2. The molecule has 0 saturated heterocycles. The lowest BCUT2D eigenvalue weighted by atomic mass is 10.0. The van der Waals surface area contributed by atoms with Gasteiger partial charge in [-0.1, -0.05) is 32.0 Å². The van der Waals surface area contributed by atoms with Crippen molar-refractivity contribution in [3.63, 3.8) is 0 Å². The van der Waals surface area contributed by atoms with E-state index in [1.807, 2.05) is 0 Å². The molecule has 3 heteroatoms. The summed E-state index contributed by atoms with van der Waals surface area (Å²) in [7, 11) is 0. The van der Waals surface area contributed by atoms with Crippen molar-refractivity contribution in [3.8, 4) is 0 Å². The topological polar surface area (TPSA) is 41.5 Å². The van der Waals surface area contributed by atoms with Crippen LogP contribution in [0.3, 0.4) is 0 Å². The second kappa shape index (κ2) is 8.40. The van der Waals surface area contributed by atoms with Gasteiger partial charge in [-0.15, -0.1) is 0 Å². The molecule has 2 N–H and O–H groups in total. The summed E-state index contributed by atoms with van der Waals surface area (Å²) in [5.41, 5.74) is 3.86. The van der Waals surface area contributed by atoms with E-state index in [1.54, 1.807) is 0 Å². The summed E-state index contributed by atoms with van der Waals surface area (Å²) in [5, 5.41) is 13.2. The highest BCUT2D eigenvalue weighted by Crippen LogP contribution is 2.16. The lowest BCUT2D eigenvalue weighted by molar-refractivity contribution is 0.0252. The molecule has 2 unspecified atom stereocenters. The molecule has 1 rings (SSSR count). The Labute approximate surface area is 123 Å². The Morgan fingerprint density at radius 2 is 1.80 bits per heavy atom. The van der Waals surface area contributed by atoms with Crippen molar-refractivity contribution in [3.05, 3.63) is 34.9 Å². The average Bonchev–Trinajstić information content (AvgIpc) is 2.38. The number of nitrogens with one attached hydrogen (secondary N) is 1. The number of aliphatic hydroxyl groups is 1. The van der Waals surface area contributed by atoms with E-state index < -0.39 is 6.10 Å². The van der Waals surface area contributed by atoms with E-state index in [2.05, 4.69) is 58.1 Å². The first-order valence-corrected chi connectivity index (χ1v) is 7.46. The van der Waals surface area contributed by atoms with E-state index in [4.69, 9.17) is 4.74 Å². The molecule has 3 nitrogen and oxygen atoms in total. The van der Waals surface area contributed by atoms with Crippen LogP contribution in [-0.2, 0) is 4.74 Å². The third kappa shape index (κ3) is 6.04. The molecule has 1 aromatic rings. The van der Waals surface area contributed by atoms with Gasteiger partial charge in [0.25, 0.3) is 0 Å². The third-order valence-electron chi connectivity index (χ3n) is 3.45. The average molecular weight is 279 g/mol. The SMILES string of the molecule is Cc1ccc(C(C)NCC(O)COCC(C)C)cc1C. The fraction of sp³-hybridized carbons (Fsp3) is 0.647. The summed E-state index contributed by atoms with van der Waals surface area (Å²) in [4.78, 5) is 0. The van der Waals surface area contributed by atoms with Crippen molar-refractivity contribution in [1.29, 1.82) is 0 Å². The van der Waals surface area contributed by atoms with Gasteiger partial charge >= 0.3 is 0 Å². The van der Waals surface area contributed by atoms with Crippen molar-refractivity contribution in [2.45, 2.75) is 46.8 Å². The maximum absolute atomic E-state index is 9.87. The van der Waals surface area contributed by atoms with E-state index >= 15 is 0 Å². The van der Waals surface area contributed by atoms with Crippen molar-refractivity contribution >= 4 is 0 Å². The van der Waals surface area contributed by atoms with Gasteiger partial charge in [-0.05, 0) is 43.4 Å². The van der Waals surface area contributed by atoms with E-state index in [-0.39, 0.29) is 6.04 Å². The summed E-state index contributed by atoms with van der Waals surface area (Å²) in [5.74, 6) is 0.504.